The number of ether oxygens (including phenoxy) is 6. The molecule has 0 saturated carbocycles. The maximum Gasteiger partial charge on any atom is 0.508 e. The van der Waals surface area contributed by atoms with Crippen LogP contribution in [0.4, 0.5) is 9.59 Å². The van der Waals surface area contributed by atoms with Crippen LogP contribution < -0.4 is 22.5 Å². The Morgan fingerprint density at radius 1 is 0.894 bits per heavy atom. The Labute approximate surface area is 272 Å². The van der Waals surface area contributed by atoms with Gasteiger partial charge in [0, 0.05) is 46.4 Å². The van der Waals surface area contributed by atoms with Crippen LogP contribution in [0.25, 0.3) is 10.4 Å². The summed E-state index contributed by atoms with van der Waals surface area (Å²) < 4.78 is 34.0. The number of carbonyl (C=O) groups is 2. The number of aromatic nitrogens is 4. The van der Waals surface area contributed by atoms with Gasteiger partial charge in [-0.05, 0) is 25.5 Å². The molecule has 2 aromatic rings. The number of H-pyrrole nitrogens is 2. The van der Waals surface area contributed by atoms with E-state index in [9.17, 15) is 28.8 Å². The summed E-state index contributed by atoms with van der Waals surface area (Å²) >= 11 is 0. The minimum absolute atomic E-state index is 0.0278. The molecular weight excluding hydrogens is 666 g/mol. The molecular formula is C26H31N7O12S2. The van der Waals surface area contributed by atoms with E-state index in [-0.39, 0.29) is 32.8 Å². The lowest BCUT2D eigenvalue weighted by molar-refractivity contribution is -0.0415. The van der Waals surface area contributed by atoms with E-state index < -0.39 is 65.5 Å². The second-order valence-electron chi connectivity index (χ2n) is 10.0. The molecule has 2 aliphatic rings. The molecule has 1 saturated heterocycles. The third-order valence-electron chi connectivity index (χ3n) is 6.67. The van der Waals surface area contributed by atoms with Gasteiger partial charge in [-0.1, -0.05) is 32.8 Å². The fraction of sp³-hybridized carbons (Fsp3) is 0.538. The molecule has 19 nitrogen and oxygen atoms in total. The van der Waals surface area contributed by atoms with E-state index in [1.54, 1.807) is 19.1 Å². The average molecular weight is 698 g/mol. The maximum atomic E-state index is 12.2. The zero-order valence-electron chi connectivity index (χ0n) is 25.1. The molecule has 21 heteroatoms. The molecule has 254 valence electrons. The largest absolute Gasteiger partial charge is 0.508 e. The van der Waals surface area contributed by atoms with E-state index in [0.29, 0.717) is 22.6 Å². The average Bonchev–Trinajstić information content (AvgIpc) is 3.67. The Morgan fingerprint density at radius 3 is 2.09 bits per heavy atom. The number of rotatable bonds is 14. The molecule has 4 heterocycles. The van der Waals surface area contributed by atoms with Gasteiger partial charge in [-0.25, -0.2) is 19.2 Å². The van der Waals surface area contributed by atoms with E-state index >= 15 is 0 Å². The van der Waals surface area contributed by atoms with Crippen LogP contribution in [0.5, 0.6) is 0 Å². The monoisotopic (exact) mass is 697 g/mol. The van der Waals surface area contributed by atoms with Crippen molar-refractivity contribution < 1.29 is 38.0 Å². The minimum Gasteiger partial charge on any atom is -0.433 e. The Morgan fingerprint density at radius 2 is 1.47 bits per heavy atom. The van der Waals surface area contributed by atoms with Crippen LogP contribution >= 0.6 is 21.6 Å². The number of hydrogen-bond acceptors (Lipinski definition) is 15. The summed E-state index contributed by atoms with van der Waals surface area (Å²) in [5.41, 5.74) is 7.22. The molecule has 47 heavy (non-hydrogen) atoms. The Kier molecular flexibility index (Phi) is 12.8. The normalized spacial score (nSPS) is 21.6. The number of aryl methyl sites for hydroxylation is 2. The van der Waals surface area contributed by atoms with Gasteiger partial charge in [0.1, 0.15) is 44.9 Å². The molecule has 0 unspecified atom stereocenters. The molecule has 2 N–H and O–H groups in total. The predicted octanol–water partition coefficient (Wildman–Crippen LogP) is 1.81. The summed E-state index contributed by atoms with van der Waals surface area (Å²) in [7, 11) is 2.74. The van der Waals surface area contributed by atoms with Crippen LogP contribution in [-0.4, -0.2) is 87.6 Å². The lowest BCUT2D eigenvalue weighted by atomic mass is 10.1. The molecule has 0 aromatic carbocycles. The van der Waals surface area contributed by atoms with E-state index in [4.69, 9.17) is 34.0 Å². The van der Waals surface area contributed by atoms with Crippen molar-refractivity contribution in [3.05, 3.63) is 87.8 Å². The lowest BCUT2D eigenvalue weighted by Gasteiger charge is -2.16. The van der Waals surface area contributed by atoms with Gasteiger partial charge in [-0.2, -0.15) is 0 Å². The summed E-state index contributed by atoms with van der Waals surface area (Å²) in [6.07, 6.45) is 1.23. The van der Waals surface area contributed by atoms with Gasteiger partial charge in [0.15, 0.2) is 6.23 Å². The Bertz CT molecular complexity index is 1750. The fourth-order valence-electron chi connectivity index (χ4n) is 4.36. The van der Waals surface area contributed by atoms with Gasteiger partial charge in [0.2, 0.25) is 0 Å². The highest BCUT2D eigenvalue weighted by molar-refractivity contribution is 8.76. The van der Waals surface area contributed by atoms with Crippen LogP contribution in [0.1, 0.15) is 30.0 Å². The first-order chi connectivity index (χ1) is 22.5. The van der Waals surface area contributed by atoms with Crippen molar-refractivity contribution in [2.45, 2.75) is 51.0 Å². The summed E-state index contributed by atoms with van der Waals surface area (Å²) in [4.78, 5) is 78.4. The van der Waals surface area contributed by atoms with Gasteiger partial charge in [0.05, 0.1) is 6.04 Å². The predicted molar refractivity (Wildman–Crippen MR) is 166 cm³/mol. The number of hydrogen-bond donors (Lipinski definition) is 2. The van der Waals surface area contributed by atoms with Gasteiger partial charge in [0.25, 0.3) is 11.1 Å². The Hall–Kier alpha value is -4.43. The van der Waals surface area contributed by atoms with Gasteiger partial charge in [-0.3, -0.25) is 28.7 Å². The minimum atomic E-state index is -0.959. The topological polar surface area (TPSA) is 248 Å². The molecule has 4 rings (SSSR count). The number of carbonyl (C=O) groups excluding carboxylic acids is 2. The van der Waals surface area contributed by atoms with E-state index in [1.165, 1.54) is 50.0 Å². The summed E-state index contributed by atoms with van der Waals surface area (Å²) in [5.74, 6) is 0.839. The number of azide groups is 1. The molecule has 2 aliphatic heterocycles. The van der Waals surface area contributed by atoms with Crippen molar-refractivity contribution in [2.75, 3.05) is 37.9 Å². The smallest absolute Gasteiger partial charge is 0.433 e. The molecule has 1 fully saturated rings. The number of aromatic amines is 2. The molecule has 0 bridgehead atoms. The quantitative estimate of drug-likeness (QED) is 0.0544. The highest BCUT2D eigenvalue weighted by Gasteiger charge is 2.37. The number of nitrogens with one attached hydrogen (secondary N) is 2. The van der Waals surface area contributed by atoms with Gasteiger partial charge < -0.3 is 28.4 Å². The van der Waals surface area contributed by atoms with Gasteiger partial charge in [-0.15, -0.1) is 0 Å². The van der Waals surface area contributed by atoms with E-state index in [1.807, 2.05) is 0 Å². The third kappa shape index (κ3) is 10.0. The first-order valence-electron chi connectivity index (χ1n) is 14.1. The molecule has 0 aliphatic carbocycles. The summed E-state index contributed by atoms with van der Waals surface area (Å²) in [5, 5.41) is 3.66. The van der Waals surface area contributed by atoms with Crippen molar-refractivity contribution in [3.8, 4) is 0 Å². The molecule has 0 spiro atoms. The first kappa shape index (κ1) is 35.4. The molecule has 2 aromatic heterocycles. The third-order valence-corrected chi connectivity index (χ3v) is 9.01. The van der Waals surface area contributed by atoms with Gasteiger partial charge >= 0.3 is 23.7 Å². The van der Waals surface area contributed by atoms with Crippen LogP contribution in [0, 0.1) is 13.8 Å². The van der Waals surface area contributed by atoms with Crippen LogP contribution in [0.2, 0.25) is 0 Å². The lowest BCUT2D eigenvalue weighted by Crippen LogP contribution is -2.33. The zero-order valence-corrected chi connectivity index (χ0v) is 26.7. The second-order valence-corrected chi connectivity index (χ2v) is 12.7. The van der Waals surface area contributed by atoms with E-state index in [0.717, 1.165) is 0 Å². The second kappa shape index (κ2) is 16.9. The number of nitrogens with zero attached hydrogens (tertiary/aromatic N) is 5. The van der Waals surface area contributed by atoms with Crippen LogP contribution in [0.15, 0.2) is 48.8 Å². The zero-order chi connectivity index (χ0) is 33.9. The molecule has 0 amide bonds. The van der Waals surface area contributed by atoms with Crippen molar-refractivity contribution in [1.82, 2.24) is 19.1 Å². The fourth-order valence-corrected chi connectivity index (χ4v) is 6.01. The van der Waals surface area contributed by atoms with Crippen molar-refractivity contribution in [1.29, 1.82) is 0 Å². The SMILES string of the molecule is Cc1cn([C@H]2C=C[C@@H](COC(=O)OCCSSCCOC(=O)OC[C@H]3O[C@@H](n4cc(C)c(=O)[nH]c4=O)C[C@H]3N=[N+]=[N-])O2)c(=O)[nH]c1=O. The van der Waals surface area contributed by atoms with Crippen molar-refractivity contribution in [2.24, 2.45) is 5.11 Å². The van der Waals surface area contributed by atoms with Crippen molar-refractivity contribution in [3.63, 3.8) is 0 Å². The molecule has 5 atom stereocenters. The van der Waals surface area contributed by atoms with Crippen LogP contribution in [-0.2, 0) is 28.4 Å². The van der Waals surface area contributed by atoms with Crippen LogP contribution in [0.3, 0.4) is 0 Å². The summed E-state index contributed by atoms with van der Waals surface area (Å²) in [6.45, 7) is 2.76. The Balaban J connectivity index is 1.04. The molecule has 0 radical (unpaired) electrons. The summed E-state index contributed by atoms with van der Waals surface area (Å²) in [6, 6.07) is -0.728. The standard InChI is InChI=1S/C26H31N7O12S2/c1-14-10-32(23(36)28-21(14)34)19-4-3-16(44-19)12-42-25(38)40-5-7-46-47-8-6-41-26(39)43-13-18-17(30-31-27)9-20(45-18)33-11-15(2)22(35)29-24(33)37/h3-4,10-11,16-20H,5-9,12-13H2,1-2H3,(H,28,34,36)(H,29,35,37)/t16-,17+,18+,19+,20+/m0/s1. The first-order valence-corrected chi connectivity index (χ1v) is 16.6. The highest BCUT2D eigenvalue weighted by Crippen LogP contribution is 2.30. The maximum absolute atomic E-state index is 12.2. The van der Waals surface area contributed by atoms with Crippen molar-refractivity contribution >= 4 is 33.9 Å². The highest BCUT2D eigenvalue weighted by atomic mass is 33.1. The van der Waals surface area contributed by atoms with E-state index in [2.05, 4.69) is 20.0 Å².